The van der Waals surface area contributed by atoms with Crippen LogP contribution in [-0.2, 0) is 0 Å². The van der Waals surface area contributed by atoms with Crippen molar-refractivity contribution >= 4 is 28.1 Å². The molecule has 0 aromatic heterocycles. The number of nitrogens with zero attached hydrogens (tertiary/aromatic N) is 2. The average molecular weight is 289 g/mol. The van der Waals surface area contributed by atoms with Crippen LogP contribution in [0.4, 0.5) is 5.69 Å². The second-order valence-electron chi connectivity index (χ2n) is 5.37. The Hall–Kier alpha value is -1.25. The van der Waals surface area contributed by atoms with E-state index in [1.54, 1.807) is 0 Å². The fourth-order valence-corrected chi connectivity index (χ4v) is 3.10. The lowest BCUT2D eigenvalue weighted by molar-refractivity contribution is 0.259. The molecule has 0 atom stereocenters. The minimum Gasteiger partial charge on any atom is -0.368 e. The van der Waals surface area contributed by atoms with Crippen LogP contribution in [0.25, 0.3) is 10.8 Å². The van der Waals surface area contributed by atoms with Crippen molar-refractivity contribution in [3.05, 3.63) is 42.5 Å². The number of anilines is 1. The Morgan fingerprint density at radius 1 is 0.900 bits per heavy atom. The quantitative estimate of drug-likeness (QED) is 0.793. The van der Waals surface area contributed by atoms with Crippen LogP contribution in [0.5, 0.6) is 0 Å². The van der Waals surface area contributed by atoms with Crippen LogP contribution in [0.3, 0.4) is 0 Å². The molecule has 0 aliphatic carbocycles. The molecule has 1 aliphatic rings. The van der Waals surface area contributed by atoms with Crippen LogP contribution in [0, 0.1) is 0 Å². The molecule has 2 nitrogen and oxygen atoms in total. The molecule has 0 bridgehead atoms. The summed E-state index contributed by atoms with van der Waals surface area (Å²) in [6, 6.07) is 15.3. The number of alkyl halides is 1. The van der Waals surface area contributed by atoms with Crippen molar-refractivity contribution in [3.63, 3.8) is 0 Å². The molecular formula is C17H21ClN2. The zero-order valence-corrected chi connectivity index (χ0v) is 12.5. The summed E-state index contributed by atoms with van der Waals surface area (Å²) in [6.45, 7) is 5.62. The first kappa shape index (κ1) is 13.7. The SMILES string of the molecule is ClCCCN1CCN(c2cccc3ccccc23)CC1. The molecule has 20 heavy (non-hydrogen) atoms. The Morgan fingerprint density at radius 3 is 2.45 bits per heavy atom. The number of rotatable bonds is 4. The lowest BCUT2D eigenvalue weighted by atomic mass is 10.1. The number of benzene rings is 2. The standard InChI is InChI=1S/C17H21ClN2/c18-9-4-10-19-11-13-20(14-12-19)17-8-3-6-15-5-1-2-7-16(15)17/h1-3,5-8H,4,9-14H2. The van der Waals surface area contributed by atoms with Crippen molar-refractivity contribution < 1.29 is 0 Å². The third-order valence-corrected chi connectivity index (χ3v) is 4.35. The minimum absolute atomic E-state index is 0.767. The molecule has 3 heteroatoms. The lowest BCUT2D eigenvalue weighted by Crippen LogP contribution is -2.46. The van der Waals surface area contributed by atoms with Gasteiger partial charge in [0.25, 0.3) is 0 Å². The van der Waals surface area contributed by atoms with E-state index < -0.39 is 0 Å². The molecule has 0 saturated carbocycles. The van der Waals surface area contributed by atoms with Crippen molar-refractivity contribution in [2.24, 2.45) is 0 Å². The predicted molar refractivity (Wildman–Crippen MR) is 87.9 cm³/mol. The van der Waals surface area contributed by atoms with Gasteiger partial charge in [-0.1, -0.05) is 36.4 Å². The normalized spacial score (nSPS) is 16.8. The molecule has 1 saturated heterocycles. The van der Waals surface area contributed by atoms with E-state index >= 15 is 0 Å². The average Bonchev–Trinajstić information content (AvgIpc) is 2.53. The smallest absolute Gasteiger partial charge is 0.0446 e. The summed E-state index contributed by atoms with van der Waals surface area (Å²) >= 11 is 5.77. The monoisotopic (exact) mass is 288 g/mol. The van der Waals surface area contributed by atoms with Crippen molar-refractivity contribution in [2.45, 2.75) is 6.42 Å². The summed E-state index contributed by atoms with van der Waals surface area (Å²) in [5.41, 5.74) is 1.38. The van der Waals surface area contributed by atoms with Gasteiger partial charge in [-0.05, 0) is 24.4 Å². The van der Waals surface area contributed by atoms with E-state index in [1.807, 2.05) is 0 Å². The molecule has 0 unspecified atom stereocenters. The number of fused-ring (bicyclic) bond motifs is 1. The molecule has 0 N–H and O–H groups in total. The van der Waals surface area contributed by atoms with Gasteiger partial charge in [0.15, 0.2) is 0 Å². The molecule has 1 aliphatic heterocycles. The summed E-state index contributed by atoms with van der Waals surface area (Å²) < 4.78 is 0. The van der Waals surface area contributed by atoms with Gasteiger partial charge in [0, 0.05) is 43.1 Å². The number of piperazine rings is 1. The molecule has 1 heterocycles. The summed E-state index contributed by atoms with van der Waals surface area (Å²) in [7, 11) is 0. The van der Waals surface area contributed by atoms with Crippen molar-refractivity contribution in [2.75, 3.05) is 43.5 Å². The van der Waals surface area contributed by atoms with Crippen LogP contribution in [-0.4, -0.2) is 43.5 Å². The first-order chi connectivity index (χ1) is 9.88. The van der Waals surface area contributed by atoms with Gasteiger partial charge >= 0.3 is 0 Å². The van der Waals surface area contributed by atoms with Crippen molar-refractivity contribution in [3.8, 4) is 0 Å². The fraction of sp³-hybridized carbons (Fsp3) is 0.412. The molecule has 2 aromatic carbocycles. The Labute approximate surface area is 125 Å². The van der Waals surface area contributed by atoms with Crippen LogP contribution in [0.15, 0.2) is 42.5 Å². The van der Waals surface area contributed by atoms with Gasteiger partial charge in [0.05, 0.1) is 0 Å². The highest BCUT2D eigenvalue weighted by molar-refractivity contribution is 6.17. The molecule has 1 fully saturated rings. The molecular weight excluding hydrogens is 268 g/mol. The van der Waals surface area contributed by atoms with Crippen molar-refractivity contribution in [1.82, 2.24) is 4.90 Å². The second kappa shape index (κ2) is 6.47. The van der Waals surface area contributed by atoms with Gasteiger partial charge in [-0.2, -0.15) is 0 Å². The highest BCUT2D eigenvalue weighted by atomic mass is 35.5. The van der Waals surface area contributed by atoms with E-state index in [9.17, 15) is 0 Å². The van der Waals surface area contributed by atoms with Crippen LogP contribution in [0.2, 0.25) is 0 Å². The summed E-state index contributed by atoms with van der Waals surface area (Å²) in [5, 5.41) is 2.69. The van der Waals surface area contributed by atoms with E-state index in [4.69, 9.17) is 11.6 Å². The van der Waals surface area contributed by atoms with Crippen LogP contribution < -0.4 is 4.90 Å². The van der Waals surface area contributed by atoms with Gasteiger partial charge in [0.1, 0.15) is 0 Å². The van der Waals surface area contributed by atoms with E-state index in [0.29, 0.717) is 0 Å². The molecule has 2 aromatic rings. The Kier molecular flexibility index (Phi) is 4.44. The number of hydrogen-bond acceptors (Lipinski definition) is 2. The Balaban J connectivity index is 1.74. The van der Waals surface area contributed by atoms with E-state index in [-0.39, 0.29) is 0 Å². The predicted octanol–water partition coefficient (Wildman–Crippen LogP) is 3.59. The minimum atomic E-state index is 0.767. The molecule has 3 rings (SSSR count). The van der Waals surface area contributed by atoms with Crippen LogP contribution >= 0.6 is 11.6 Å². The largest absolute Gasteiger partial charge is 0.368 e. The summed E-state index contributed by atoms with van der Waals surface area (Å²) in [5.74, 6) is 0.767. The zero-order chi connectivity index (χ0) is 13.8. The van der Waals surface area contributed by atoms with E-state index in [2.05, 4.69) is 52.3 Å². The highest BCUT2D eigenvalue weighted by Crippen LogP contribution is 2.27. The lowest BCUT2D eigenvalue weighted by Gasteiger charge is -2.36. The maximum absolute atomic E-state index is 5.77. The van der Waals surface area contributed by atoms with Gasteiger partial charge in [-0.3, -0.25) is 4.90 Å². The Bertz CT molecular complexity index is 556. The molecule has 0 spiro atoms. The molecule has 0 radical (unpaired) electrons. The van der Waals surface area contributed by atoms with E-state index in [0.717, 1.165) is 45.0 Å². The number of hydrogen-bond donors (Lipinski definition) is 0. The number of halogens is 1. The first-order valence-corrected chi connectivity index (χ1v) is 7.93. The van der Waals surface area contributed by atoms with Crippen LogP contribution in [0.1, 0.15) is 6.42 Å². The van der Waals surface area contributed by atoms with Gasteiger partial charge < -0.3 is 4.90 Å². The topological polar surface area (TPSA) is 6.48 Å². The summed E-state index contributed by atoms with van der Waals surface area (Å²) in [6.07, 6.45) is 1.09. The third-order valence-electron chi connectivity index (χ3n) is 4.09. The van der Waals surface area contributed by atoms with Gasteiger partial charge in [0.2, 0.25) is 0 Å². The maximum Gasteiger partial charge on any atom is 0.0446 e. The van der Waals surface area contributed by atoms with E-state index in [1.165, 1.54) is 16.5 Å². The summed E-state index contributed by atoms with van der Waals surface area (Å²) in [4.78, 5) is 5.03. The second-order valence-corrected chi connectivity index (χ2v) is 5.75. The third kappa shape index (κ3) is 2.92. The van der Waals surface area contributed by atoms with Gasteiger partial charge in [-0.25, -0.2) is 0 Å². The molecule has 106 valence electrons. The fourth-order valence-electron chi connectivity index (χ4n) is 2.98. The maximum atomic E-state index is 5.77. The Morgan fingerprint density at radius 2 is 1.65 bits per heavy atom. The highest BCUT2D eigenvalue weighted by Gasteiger charge is 2.17. The first-order valence-electron chi connectivity index (χ1n) is 7.39. The zero-order valence-electron chi connectivity index (χ0n) is 11.8. The molecule has 0 amide bonds. The van der Waals surface area contributed by atoms with Crippen molar-refractivity contribution in [1.29, 1.82) is 0 Å². The van der Waals surface area contributed by atoms with Gasteiger partial charge in [-0.15, -0.1) is 11.6 Å².